The second kappa shape index (κ2) is 5.34. The fourth-order valence-electron chi connectivity index (χ4n) is 1.41. The average molecular weight is 242 g/mol. The zero-order valence-electron chi connectivity index (χ0n) is 10.1. The molecule has 0 aromatic carbocycles. The summed E-state index contributed by atoms with van der Waals surface area (Å²) < 4.78 is 42.2. The molecule has 1 nitrogen and oxygen atoms in total. The summed E-state index contributed by atoms with van der Waals surface area (Å²) in [6.07, 6.45) is -4.78. The van der Waals surface area contributed by atoms with E-state index in [1.54, 1.807) is 0 Å². The maximum Gasteiger partial charge on any atom is 0.388 e. The van der Waals surface area contributed by atoms with Crippen molar-refractivity contribution in [2.75, 3.05) is 0 Å². The standard InChI is InChI=1S/C10H21F3OSi/c1-8(2)14-15(5,9(3)4)7-6-10(11,12)13/h8-9H,6-7H2,1-5H3. The summed E-state index contributed by atoms with van der Waals surface area (Å²) in [7, 11) is -2.22. The van der Waals surface area contributed by atoms with Gasteiger partial charge in [-0.05, 0) is 32.0 Å². The van der Waals surface area contributed by atoms with Crippen molar-refractivity contribution < 1.29 is 17.6 Å². The molecule has 0 fully saturated rings. The molecule has 1 atom stereocenters. The molecule has 0 aliphatic carbocycles. The molecule has 1 unspecified atom stereocenters. The van der Waals surface area contributed by atoms with Crippen LogP contribution in [0.2, 0.25) is 18.1 Å². The Kier molecular flexibility index (Phi) is 5.33. The molecule has 0 heterocycles. The molecule has 0 aliphatic heterocycles. The van der Waals surface area contributed by atoms with Gasteiger partial charge < -0.3 is 4.43 Å². The Labute approximate surface area is 91.1 Å². The quantitative estimate of drug-likeness (QED) is 0.651. The molecule has 0 rings (SSSR count). The molecular weight excluding hydrogens is 221 g/mol. The van der Waals surface area contributed by atoms with Crippen molar-refractivity contribution in [3.63, 3.8) is 0 Å². The van der Waals surface area contributed by atoms with Gasteiger partial charge in [-0.15, -0.1) is 0 Å². The van der Waals surface area contributed by atoms with Crippen molar-refractivity contribution in [3.8, 4) is 0 Å². The Bertz CT molecular complexity index is 192. The maximum absolute atomic E-state index is 12.2. The van der Waals surface area contributed by atoms with E-state index in [1.807, 2.05) is 34.2 Å². The first-order chi connectivity index (χ1) is 6.57. The molecule has 0 radical (unpaired) electrons. The Morgan fingerprint density at radius 3 is 1.87 bits per heavy atom. The van der Waals surface area contributed by atoms with Crippen LogP contribution in [0.5, 0.6) is 0 Å². The van der Waals surface area contributed by atoms with Gasteiger partial charge in [0.1, 0.15) is 0 Å². The van der Waals surface area contributed by atoms with Crippen LogP contribution in [0.3, 0.4) is 0 Å². The molecular formula is C10H21F3OSi. The topological polar surface area (TPSA) is 9.23 Å². The van der Waals surface area contributed by atoms with E-state index < -0.39 is 20.9 Å². The molecule has 0 aromatic heterocycles. The summed E-state index contributed by atoms with van der Waals surface area (Å²) >= 11 is 0. The highest BCUT2D eigenvalue weighted by molar-refractivity contribution is 6.73. The van der Waals surface area contributed by atoms with Gasteiger partial charge in [-0.2, -0.15) is 13.2 Å². The van der Waals surface area contributed by atoms with E-state index in [1.165, 1.54) is 0 Å². The average Bonchev–Trinajstić information content (AvgIpc) is 1.98. The normalized spacial score (nSPS) is 17.2. The molecule has 15 heavy (non-hydrogen) atoms. The number of hydrogen-bond acceptors (Lipinski definition) is 1. The van der Waals surface area contributed by atoms with Gasteiger partial charge in [0.15, 0.2) is 8.32 Å². The van der Waals surface area contributed by atoms with Crippen LogP contribution in [0.25, 0.3) is 0 Å². The SMILES string of the molecule is CC(C)O[Si](C)(CCC(F)(F)F)C(C)C. The Morgan fingerprint density at radius 1 is 1.13 bits per heavy atom. The molecule has 0 aliphatic rings. The second-order valence-electron chi connectivity index (χ2n) is 4.75. The third-order valence-corrected chi connectivity index (χ3v) is 7.33. The monoisotopic (exact) mass is 242 g/mol. The third-order valence-electron chi connectivity index (χ3n) is 2.63. The van der Waals surface area contributed by atoms with E-state index in [2.05, 4.69) is 0 Å². The van der Waals surface area contributed by atoms with Crippen molar-refractivity contribution in [2.45, 2.75) is 64.5 Å². The summed E-state index contributed by atoms with van der Waals surface area (Å²) in [5, 5.41) is 0. The van der Waals surface area contributed by atoms with Gasteiger partial charge in [0, 0.05) is 12.5 Å². The van der Waals surface area contributed by atoms with Gasteiger partial charge in [-0.1, -0.05) is 13.8 Å². The largest absolute Gasteiger partial charge is 0.414 e. The molecule has 0 bridgehead atoms. The van der Waals surface area contributed by atoms with Crippen LogP contribution in [0.15, 0.2) is 0 Å². The number of hydrogen-bond donors (Lipinski definition) is 0. The van der Waals surface area contributed by atoms with Crippen molar-refractivity contribution in [3.05, 3.63) is 0 Å². The van der Waals surface area contributed by atoms with E-state index in [4.69, 9.17) is 4.43 Å². The maximum atomic E-state index is 12.2. The molecule has 0 amide bonds. The number of halogens is 3. The van der Waals surface area contributed by atoms with Crippen molar-refractivity contribution in [1.82, 2.24) is 0 Å². The van der Waals surface area contributed by atoms with Crippen LogP contribution in [-0.2, 0) is 4.43 Å². The summed E-state index contributed by atoms with van der Waals surface area (Å²) in [5.41, 5.74) is 0.210. The van der Waals surface area contributed by atoms with E-state index in [0.29, 0.717) is 0 Å². The molecule has 5 heteroatoms. The van der Waals surface area contributed by atoms with Gasteiger partial charge in [0.2, 0.25) is 0 Å². The minimum atomic E-state index is -4.07. The highest BCUT2D eigenvalue weighted by atomic mass is 28.4. The predicted molar refractivity (Wildman–Crippen MR) is 58.4 cm³/mol. The van der Waals surface area contributed by atoms with Gasteiger partial charge in [-0.25, -0.2) is 0 Å². The highest BCUT2D eigenvalue weighted by Gasteiger charge is 2.38. The van der Waals surface area contributed by atoms with Crippen LogP contribution < -0.4 is 0 Å². The first-order valence-corrected chi connectivity index (χ1v) is 8.00. The second-order valence-corrected chi connectivity index (χ2v) is 9.26. The summed E-state index contributed by atoms with van der Waals surface area (Å²) in [6, 6.07) is 0.159. The van der Waals surface area contributed by atoms with Crippen LogP contribution in [0.1, 0.15) is 34.1 Å². The molecule has 0 spiro atoms. The summed E-state index contributed by atoms with van der Waals surface area (Å²) in [4.78, 5) is 0. The van der Waals surface area contributed by atoms with Crippen molar-refractivity contribution >= 4 is 8.32 Å². The first kappa shape index (κ1) is 15.0. The van der Waals surface area contributed by atoms with Gasteiger partial charge >= 0.3 is 6.18 Å². The lowest BCUT2D eigenvalue weighted by Gasteiger charge is -2.33. The van der Waals surface area contributed by atoms with Crippen molar-refractivity contribution in [1.29, 1.82) is 0 Å². The Balaban J connectivity index is 4.39. The lowest BCUT2D eigenvalue weighted by Crippen LogP contribution is -2.41. The zero-order chi connectivity index (χ0) is 12.3. The van der Waals surface area contributed by atoms with E-state index in [9.17, 15) is 13.2 Å². The van der Waals surface area contributed by atoms with Gasteiger partial charge in [0.25, 0.3) is 0 Å². The smallest absolute Gasteiger partial charge is 0.388 e. The fourth-order valence-corrected chi connectivity index (χ4v) is 4.24. The number of alkyl halides is 3. The van der Waals surface area contributed by atoms with E-state index in [-0.39, 0.29) is 17.7 Å². The van der Waals surface area contributed by atoms with Crippen LogP contribution >= 0.6 is 0 Å². The predicted octanol–water partition coefficient (Wildman–Crippen LogP) is 4.35. The van der Waals surface area contributed by atoms with Crippen LogP contribution in [0.4, 0.5) is 13.2 Å². The summed E-state index contributed by atoms with van der Waals surface area (Å²) in [5.74, 6) is 0. The first-order valence-electron chi connectivity index (χ1n) is 5.31. The van der Waals surface area contributed by atoms with Crippen LogP contribution in [0, 0.1) is 0 Å². The zero-order valence-corrected chi connectivity index (χ0v) is 11.1. The molecule has 0 saturated carbocycles. The Hall–Kier alpha value is -0.0331. The molecule has 0 saturated heterocycles. The van der Waals surface area contributed by atoms with Gasteiger partial charge in [-0.3, -0.25) is 0 Å². The minimum Gasteiger partial charge on any atom is -0.414 e. The third kappa shape index (κ3) is 6.20. The molecule has 92 valence electrons. The Morgan fingerprint density at radius 2 is 1.60 bits per heavy atom. The van der Waals surface area contributed by atoms with Gasteiger partial charge in [0.05, 0.1) is 0 Å². The lowest BCUT2D eigenvalue weighted by atomic mass is 10.5. The molecule has 0 N–H and O–H groups in total. The number of rotatable bonds is 5. The fraction of sp³-hybridized carbons (Fsp3) is 1.00. The minimum absolute atomic E-state index is 0.0114. The van der Waals surface area contributed by atoms with Crippen LogP contribution in [-0.4, -0.2) is 20.6 Å². The molecule has 0 aromatic rings. The van der Waals surface area contributed by atoms with E-state index >= 15 is 0 Å². The van der Waals surface area contributed by atoms with Crippen molar-refractivity contribution in [2.24, 2.45) is 0 Å². The van der Waals surface area contributed by atoms with E-state index in [0.717, 1.165) is 0 Å². The lowest BCUT2D eigenvalue weighted by molar-refractivity contribution is -0.131. The highest BCUT2D eigenvalue weighted by Crippen LogP contribution is 2.33. The summed E-state index contributed by atoms with van der Waals surface area (Å²) in [6.45, 7) is 9.54.